The largest absolute Gasteiger partial charge is 0.496 e. The lowest BCUT2D eigenvalue weighted by Crippen LogP contribution is -2.18. The number of aliphatic hydroxyl groups is 1. The number of methoxy groups -OCH3 is 1. The van der Waals surface area contributed by atoms with Crippen molar-refractivity contribution in [1.29, 1.82) is 0 Å². The predicted octanol–water partition coefficient (Wildman–Crippen LogP) is 0.570. The van der Waals surface area contributed by atoms with Crippen molar-refractivity contribution in [3.63, 3.8) is 0 Å². The highest BCUT2D eigenvalue weighted by molar-refractivity contribution is 7.89. The quantitative estimate of drug-likeness (QED) is 0.814. The van der Waals surface area contributed by atoms with Gasteiger partial charge in [0, 0.05) is 11.6 Å². The Morgan fingerprint density at radius 3 is 2.31 bits per heavy atom. The van der Waals surface area contributed by atoms with Crippen LogP contribution in [0, 0.1) is 0 Å². The summed E-state index contributed by atoms with van der Waals surface area (Å²) >= 11 is 0. The average Bonchev–Trinajstić information content (AvgIpc) is 2.14. The van der Waals surface area contributed by atoms with Gasteiger partial charge in [-0.15, -0.1) is 0 Å². The van der Waals surface area contributed by atoms with Crippen molar-refractivity contribution in [2.24, 2.45) is 5.14 Å². The van der Waals surface area contributed by atoms with E-state index in [-0.39, 0.29) is 4.90 Å². The third kappa shape index (κ3) is 2.72. The van der Waals surface area contributed by atoms with Crippen LogP contribution in [0.1, 0.15) is 19.4 Å². The molecule has 0 amide bonds. The second-order valence-corrected chi connectivity index (χ2v) is 5.53. The first kappa shape index (κ1) is 13.0. The van der Waals surface area contributed by atoms with Gasteiger partial charge in [-0.2, -0.15) is 0 Å². The second-order valence-electron chi connectivity index (χ2n) is 3.97. The van der Waals surface area contributed by atoms with E-state index < -0.39 is 15.6 Å². The van der Waals surface area contributed by atoms with Crippen molar-refractivity contribution in [2.75, 3.05) is 7.11 Å². The van der Waals surface area contributed by atoms with Gasteiger partial charge in [0.25, 0.3) is 0 Å². The minimum Gasteiger partial charge on any atom is -0.496 e. The molecule has 1 rings (SSSR count). The molecule has 0 fully saturated rings. The van der Waals surface area contributed by atoms with Gasteiger partial charge in [0.1, 0.15) is 5.75 Å². The smallest absolute Gasteiger partial charge is 0.238 e. The highest BCUT2D eigenvalue weighted by Gasteiger charge is 2.22. The molecule has 3 N–H and O–H groups in total. The number of sulfonamides is 1. The van der Waals surface area contributed by atoms with E-state index in [0.29, 0.717) is 11.3 Å². The van der Waals surface area contributed by atoms with Crippen LogP contribution in [-0.4, -0.2) is 20.6 Å². The van der Waals surface area contributed by atoms with E-state index in [0.717, 1.165) is 0 Å². The summed E-state index contributed by atoms with van der Waals surface area (Å²) in [6, 6.07) is 4.12. The first-order valence-corrected chi connectivity index (χ1v) is 6.14. The Hall–Kier alpha value is -1.11. The predicted molar refractivity (Wildman–Crippen MR) is 59.6 cm³/mol. The summed E-state index contributed by atoms with van der Waals surface area (Å²) in [5, 5.41) is 14.8. The van der Waals surface area contributed by atoms with Gasteiger partial charge in [-0.3, -0.25) is 0 Å². The highest BCUT2D eigenvalue weighted by Crippen LogP contribution is 2.31. The number of rotatable bonds is 3. The summed E-state index contributed by atoms with van der Waals surface area (Å²) in [4.78, 5) is -0.0441. The van der Waals surface area contributed by atoms with Crippen molar-refractivity contribution in [2.45, 2.75) is 24.3 Å². The average molecular weight is 245 g/mol. The minimum absolute atomic E-state index is 0.0441. The maximum Gasteiger partial charge on any atom is 0.238 e. The zero-order chi connectivity index (χ0) is 12.6. The van der Waals surface area contributed by atoms with Crippen molar-refractivity contribution < 1.29 is 18.3 Å². The highest BCUT2D eigenvalue weighted by atomic mass is 32.2. The summed E-state index contributed by atoms with van der Waals surface area (Å²) in [5.74, 6) is 0.291. The van der Waals surface area contributed by atoms with E-state index in [1.54, 1.807) is 13.8 Å². The van der Waals surface area contributed by atoms with Gasteiger partial charge in [-0.25, -0.2) is 13.6 Å². The van der Waals surface area contributed by atoms with Gasteiger partial charge in [-0.1, -0.05) is 6.07 Å². The van der Waals surface area contributed by atoms with Crippen molar-refractivity contribution in [1.82, 2.24) is 0 Å². The Morgan fingerprint density at radius 2 is 1.94 bits per heavy atom. The molecular formula is C10H15NO4S. The molecule has 0 aliphatic rings. The van der Waals surface area contributed by atoms with Crippen LogP contribution in [0.15, 0.2) is 23.1 Å². The molecule has 1 aromatic carbocycles. The summed E-state index contributed by atoms with van der Waals surface area (Å²) in [7, 11) is -2.36. The number of primary sulfonamides is 1. The number of ether oxygens (including phenoxy) is 1. The fourth-order valence-electron chi connectivity index (χ4n) is 1.35. The number of hydrogen-bond donors (Lipinski definition) is 2. The molecule has 0 bridgehead atoms. The van der Waals surface area contributed by atoms with Crippen molar-refractivity contribution in [3.8, 4) is 5.75 Å². The number of benzene rings is 1. The zero-order valence-electron chi connectivity index (χ0n) is 9.39. The first-order valence-electron chi connectivity index (χ1n) is 4.60. The molecule has 0 aromatic heterocycles. The van der Waals surface area contributed by atoms with Crippen LogP contribution in [0.5, 0.6) is 5.75 Å². The molecule has 0 radical (unpaired) electrons. The number of hydrogen-bond acceptors (Lipinski definition) is 4. The maximum absolute atomic E-state index is 11.1. The van der Waals surface area contributed by atoms with Gasteiger partial charge in [0.2, 0.25) is 10.0 Å². The molecule has 1 aromatic rings. The molecule has 0 saturated carbocycles. The Kier molecular flexibility index (Phi) is 3.27. The molecule has 0 atom stereocenters. The Balaban J connectivity index is 3.40. The van der Waals surface area contributed by atoms with Gasteiger partial charge in [-0.05, 0) is 19.9 Å². The third-order valence-electron chi connectivity index (χ3n) is 2.16. The SMILES string of the molecule is COc1cc(S(N)(=O)=O)ccc1C(C)(C)O. The topological polar surface area (TPSA) is 89.6 Å². The summed E-state index contributed by atoms with van der Waals surface area (Å²) in [6.07, 6.45) is 0. The van der Waals surface area contributed by atoms with Gasteiger partial charge >= 0.3 is 0 Å². The van der Waals surface area contributed by atoms with Crippen LogP contribution in [0.2, 0.25) is 0 Å². The van der Waals surface area contributed by atoms with E-state index in [9.17, 15) is 13.5 Å². The molecule has 0 spiro atoms. The lowest BCUT2D eigenvalue weighted by Gasteiger charge is -2.21. The van der Waals surface area contributed by atoms with Crippen LogP contribution in [0.25, 0.3) is 0 Å². The van der Waals surface area contributed by atoms with Crippen LogP contribution in [-0.2, 0) is 15.6 Å². The van der Waals surface area contributed by atoms with Crippen LogP contribution >= 0.6 is 0 Å². The monoisotopic (exact) mass is 245 g/mol. The fraction of sp³-hybridized carbons (Fsp3) is 0.400. The molecule has 0 aliphatic heterocycles. The van der Waals surface area contributed by atoms with Gasteiger partial charge < -0.3 is 9.84 Å². The lowest BCUT2D eigenvalue weighted by atomic mass is 9.97. The molecule has 90 valence electrons. The molecule has 5 nitrogen and oxygen atoms in total. The second kappa shape index (κ2) is 4.04. The van der Waals surface area contributed by atoms with E-state index in [4.69, 9.17) is 9.88 Å². The number of nitrogens with two attached hydrogens (primary N) is 1. The van der Waals surface area contributed by atoms with Crippen LogP contribution in [0.3, 0.4) is 0 Å². The molecule has 0 heterocycles. The van der Waals surface area contributed by atoms with E-state index in [1.165, 1.54) is 25.3 Å². The summed E-state index contributed by atoms with van der Waals surface area (Å²) < 4.78 is 27.3. The van der Waals surface area contributed by atoms with Crippen LogP contribution in [0.4, 0.5) is 0 Å². The summed E-state index contributed by atoms with van der Waals surface area (Å²) in [5.41, 5.74) is -0.607. The standard InChI is InChI=1S/C10H15NO4S/c1-10(2,12)8-5-4-7(16(11,13)14)6-9(8)15-3/h4-6,12H,1-3H3,(H2,11,13,14). The van der Waals surface area contributed by atoms with E-state index >= 15 is 0 Å². The normalized spacial score (nSPS) is 12.6. The van der Waals surface area contributed by atoms with E-state index in [2.05, 4.69) is 0 Å². The van der Waals surface area contributed by atoms with Gasteiger partial charge in [0.15, 0.2) is 0 Å². The summed E-state index contributed by atoms with van der Waals surface area (Å²) in [6.45, 7) is 3.17. The van der Waals surface area contributed by atoms with Gasteiger partial charge in [0.05, 0.1) is 17.6 Å². The molecule has 0 unspecified atom stereocenters. The molecule has 0 saturated heterocycles. The van der Waals surface area contributed by atoms with E-state index in [1.807, 2.05) is 0 Å². The lowest BCUT2D eigenvalue weighted by molar-refractivity contribution is 0.0755. The maximum atomic E-state index is 11.1. The molecular weight excluding hydrogens is 230 g/mol. The first-order chi connectivity index (χ1) is 7.16. The minimum atomic E-state index is -3.76. The zero-order valence-corrected chi connectivity index (χ0v) is 10.2. The Morgan fingerprint density at radius 1 is 1.38 bits per heavy atom. The fourth-order valence-corrected chi connectivity index (χ4v) is 1.88. The Labute approximate surface area is 94.9 Å². The Bertz CT molecular complexity index is 488. The van der Waals surface area contributed by atoms with Crippen LogP contribution < -0.4 is 9.88 Å². The van der Waals surface area contributed by atoms with Crippen molar-refractivity contribution in [3.05, 3.63) is 23.8 Å². The third-order valence-corrected chi connectivity index (χ3v) is 3.07. The van der Waals surface area contributed by atoms with Crippen molar-refractivity contribution >= 4 is 10.0 Å². The molecule has 0 aliphatic carbocycles. The molecule has 16 heavy (non-hydrogen) atoms. The molecule has 6 heteroatoms.